The van der Waals surface area contributed by atoms with Gasteiger partial charge in [-0.15, -0.1) is 0 Å². The van der Waals surface area contributed by atoms with Crippen molar-refractivity contribution >= 4 is 29.8 Å². The minimum atomic E-state index is -1.18. The van der Waals surface area contributed by atoms with Crippen LogP contribution in [0.25, 0.3) is 0 Å². The van der Waals surface area contributed by atoms with Crippen molar-refractivity contribution in [2.75, 3.05) is 32.8 Å². The van der Waals surface area contributed by atoms with Crippen LogP contribution in [0.4, 0.5) is 0 Å². The number of aliphatic carboxylic acids is 5. The Balaban J connectivity index is -0.0000000753. The average molecular weight is 405 g/mol. The second-order valence-corrected chi connectivity index (χ2v) is 3.52. The highest BCUT2D eigenvalue weighted by Gasteiger charge is 2.07. The Morgan fingerprint density at radius 1 is 0.593 bits per heavy atom. The lowest BCUT2D eigenvalue weighted by molar-refractivity contribution is -0.139. The predicted molar refractivity (Wildman–Crippen MR) is 89.5 cm³/mol. The zero-order chi connectivity index (χ0) is 23.0. The predicted octanol–water partition coefficient (Wildman–Crippen LogP) is -5.49. The first kappa shape index (κ1) is 35.3. The van der Waals surface area contributed by atoms with Crippen LogP contribution in [-0.4, -0.2) is 99.3 Å². The first-order chi connectivity index (χ1) is 12.3. The van der Waals surface area contributed by atoms with Crippen molar-refractivity contribution in [3.63, 3.8) is 0 Å². The van der Waals surface area contributed by atoms with Gasteiger partial charge in [-0.25, -0.2) is 0 Å². The molecule has 16 heteroatoms. The van der Waals surface area contributed by atoms with Crippen LogP contribution in [0.3, 0.4) is 0 Å². The molecule has 0 heterocycles. The molecule has 0 aromatic rings. The van der Waals surface area contributed by atoms with Crippen molar-refractivity contribution < 1.29 is 54.6 Å². The van der Waals surface area contributed by atoms with E-state index in [2.05, 4.69) is 22.9 Å². The number of carbonyl (C=O) groups is 5. The molecule has 162 valence electrons. The van der Waals surface area contributed by atoms with Crippen LogP contribution in [0.5, 0.6) is 0 Å². The molecule has 0 saturated heterocycles. The number of aliphatic hydroxyl groups is 1. The van der Waals surface area contributed by atoms with Gasteiger partial charge < -0.3 is 59.3 Å². The molecule has 0 radical (unpaired) electrons. The fourth-order valence-electron chi connectivity index (χ4n) is 0.0781. The van der Waals surface area contributed by atoms with Gasteiger partial charge in [-0.3, -0.25) is 24.0 Å². The van der Waals surface area contributed by atoms with E-state index in [1.165, 1.54) is 0 Å². The molecule has 0 rings (SSSR count). The van der Waals surface area contributed by atoms with E-state index in [-0.39, 0.29) is 26.2 Å². The summed E-state index contributed by atoms with van der Waals surface area (Å²) in [6.07, 6.45) is 0. The van der Waals surface area contributed by atoms with E-state index in [9.17, 15) is 24.0 Å². The van der Waals surface area contributed by atoms with Gasteiger partial charge in [-0.2, -0.15) is 0 Å². The highest BCUT2D eigenvalue weighted by atomic mass is 16.4. The molecule has 16 N–H and O–H groups in total. The van der Waals surface area contributed by atoms with Gasteiger partial charge in [0.05, 0.1) is 32.8 Å². The third-order valence-corrected chi connectivity index (χ3v) is 1.21. The van der Waals surface area contributed by atoms with Crippen LogP contribution in [0.15, 0.2) is 0 Å². The molecule has 0 saturated carbocycles. The molecule has 0 aliphatic carbocycles. The van der Waals surface area contributed by atoms with E-state index >= 15 is 0 Å². The van der Waals surface area contributed by atoms with Crippen molar-refractivity contribution in [1.82, 2.24) is 0 Å². The molecular weight excluding hydrogens is 378 g/mol. The number of carboxylic acids is 5. The molecule has 0 aliphatic rings. The monoisotopic (exact) mass is 405 g/mol. The third-order valence-electron chi connectivity index (χ3n) is 1.21. The highest BCUT2D eigenvalue weighted by Crippen LogP contribution is 1.71. The van der Waals surface area contributed by atoms with Gasteiger partial charge in [-0.1, -0.05) is 0 Å². The molecule has 0 amide bonds. The summed E-state index contributed by atoms with van der Waals surface area (Å²) in [5.41, 5.74) is 23.1. The quantitative estimate of drug-likeness (QED) is 0.196. The Bertz CT molecular complexity index is 364. The van der Waals surface area contributed by atoms with Crippen LogP contribution in [0.2, 0.25) is 0 Å². The maximum atomic E-state index is 9.65. The van der Waals surface area contributed by atoms with Crippen LogP contribution in [0, 0.1) is 0 Å². The minimum Gasteiger partial charge on any atom is -0.480 e. The summed E-state index contributed by atoms with van der Waals surface area (Å²) in [5, 5.41) is 46.3. The summed E-state index contributed by atoms with van der Waals surface area (Å²) in [5.74, 6) is -5.05. The lowest BCUT2D eigenvalue weighted by Gasteiger charge is -1.96. The molecule has 0 spiro atoms. The Kier molecular flexibility index (Phi) is 36.5. The van der Waals surface area contributed by atoms with Crippen molar-refractivity contribution in [3.05, 3.63) is 0 Å². The largest absolute Gasteiger partial charge is 0.480 e. The zero-order valence-corrected chi connectivity index (χ0v) is 14.2. The molecule has 0 bridgehead atoms. The number of nitrogens with two attached hydrogens (primary N) is 5. The minimum absolute atomic E-state index is 0.278. The van der Waals surface area contributed by atoms with Crippen molar-refractivity contribution in [3.8, 4) is 0 Å². The second kappa shape index (κ2) is 27.9. The van der Waals surface area contributed by atoms with E-state index in [1.807, 2.05) is 0 Å². The van der Waals surface area contributed by atoms with Gasteiger partial charge in [0.15, 0.2) is 0 Å². The summed E-state index contributed by atoms with van der Waals surface area (Å²) < 4.78 is 0. The van der Waals surface area contributed by atoms with Crippen LogP contribution >= 0.6 is 0 Å². The van der Waals surface area contributed by atoms with E-state index in [1.54, 1.807) is 0 Å². The Hall–Kier alpha value is -2.89. The maximum absolute atomic E-state index is 9.65. The molecule has 0 unspecified atom stereocenters. The molecule has 1 atom stereocenters. The fraction of sp³-hybridized carbons (Fsp3) is 0.545. The molecule has 0 aromatic carbocycles. The van der Waals surface area contributed by atoms with Crippen molar-refractivity contribution in [1.29, 1.82) is 0 Å². The normalized spacial score (nSPS) is 8.96. The van der Waals surface area contributed by atoms with E-state index < -0.39 is 42.5 Å². The van der Waals surface area contributed by atoms with Gasteiger partial charge >= 0.3 is 29.8 Å². The molecule has 0 aliphatic heterocycles. The van der Waals surface area contributed by atoms with Crippen molar-refractivity contribution in [2.24, 2.45) is 28.7 Å². The SMILES string of the molecule is NCC(=O)O.NCC(=O)O.NCC(=O)O.NCC(=O)O.N[C@@H](CO)C(=O)O. The average Bonchev–Trinajstić information content (AvgIpc) is 2.62. The van der Waals surface area contributed by atoms with Gasteiger partial charge in [0.2, 0.25) is 0 Å². The standard InChI is InChI=1S/C3H7NO3.4C2H5NO2/c4-2(1-5)3(6)7;4*3-1-2(4)5/h2,5H,1,4H2,(H,6,7);4*1,3H2,(H,4,5)/t2-;;;;/m0..../s1. The third kappa shape index (κ3) is 83.4. The summed E-state index contributed by atoms with van der Waals surface area (Å²) in [4.78, 5) is 46.6. The van der Waals surface area contributed by atoms with Gasteiger partial charge in [0.1, 0.15) is 6.04 Å². The van der Waals surface area contributed by atoms with Gasteiger partial charge in [0.25, 0.3) is 0 Å². The van der Waals surface area contributed by atoms with Crippen LogP contribution in [0.1, 0.15) is 0 Å². The lowest BCUT2D eigenvalue weighted by atomic mass is 10.3. The molecule has 0 aromatic heterocycles. The number of aliphatic hydroxyl groups excluding tert-OH is 1. The number of carboxylic acid groups (broad SMARTS) is 5. The smallest absolute Gasteiger partial charge is 0.322 e. The Morgan fingerprint density at radius 2 is 0.741 bits per heavy atom. The van der Waals surface area contributed by atoms with Crippen molar-refractivity contribution in [2.45, 2.75) is 6.04 Å². The first-order valence-corrected chi connectivity index (χ1v) is 6.53. The topological polar surface area (TPSA) is 337 Å². The first-order valence-electron chi connectivity index (χ1n) is 6.53. The number of rotatable bonds is 6. The Morgan fingerprint density at radius 3 is 0.741 bits per heavy atom. The van der Waals surface area contributed by atoms with Gasteiger partial charge in [0, 0.05) is 0 Å². The molecule has 16 nitrogen and oxygen atoms in total. The summed E-state index contributed by atoms with van der Waals surface area (Å²) >= 11 is 0. The van der Waals surface area contributed by atoms with Crippen LogP contribution in [-0.2, 0) is 24.0 Å². The lowest BCUT2D eigenvalue weighted by Crippen LogP contribution is -2.33. The van der Waals surface area contributed by atoms with E-state index in [4.69, 9.17) is 36.4 Å². The van der Waals surface area contributed by atoms with Crippen LogP contribution < -0.4 is 28.7 Å². The second-order valence-electron chi connectivity index (χ2n) is 3.52. The van der Waals surface area contributed by atoms with Gasteiger partial charge in [-0.05, 0) is 0 Å². The fourth-order valence-corrected chi connectivity index (χ4v) is 0.0781. The maximum Gasteiger partial charge on any atom is 0.322 e. The summed E-state index contributed by atoms with van der Waals surface area (Å²) in [6.45, 7) is -1.62. The zero-order valence-electron chi connectivity index (χ0n) is 14.2. The highest BCUT2D eigenvalue weighted by molar-refractivity contribution is 5.73. The van der Waals surface area contributed by atoms with E-state index in [0.29, 0.717) is 0 Å². The molecule has 0 fully saturated rings. The molecular formula is C11H27N5O11. The Labute approximate surface area is 153 Å². The number of hydrogen-bond donors (Lipinski definition) is 11. The summed E-state index contributed by atoms with van der Waals surface area (Å²) in [7, 11) is 0. The molecule has 27 heavy (non-hydrogen) atoms. The van der Waals surface area contributed by atoms with E-state index in [0.717, 1.165) is 0 Å². The number of hydrogen-bond acceptors (Lipinski definition) is 11. The summed E-state index contributed by atoms with van der Waals surface area (Å²) in [6, 6.07) is -1.13.